The van der Waals surface area contributed by atoms with Gasteiger partial charge in [-0.1, -0.05) is 205 Å². The van der Waals surface area contributed by atoms with Crippen molar-refractivity contribution in [2.24, 2.45) is 0 Å². The Labute approximate surface area is 384 Å². The van der Waals surface area contributed by atoms with Gasteiger partial charge in [-0.05, 0) is 38.5 Å². The Morgan fingerprint density at radius 2 is 1.06 bits per heavy atom. The monoisotopic (exact) mass is 919 g/mol. The van der Waals surface area contributed by atoms with Crippen molar-refractivity contribution in [2.45, 2.75) is 263 Å². The van der Waals surface area contributed by atoms with Crippen LogP contribution in [0, 0.1) is 0 Å². The van der Waals surface area contributed by atoms with Crippen molar-refractivity contribution in [3.8, 4) is 0 Å². The molecule has 13 heteroatoms. The minimum Gasteiger partial charge on any atom is -0.457 e. The number of aliphatic hydroxyl groups is 3. The highest BCUT2D eigenvalue weighted by Crippen LogP contribution is 2.26. The topological polar surface area (TPSA) is 178 Å². The van der Waals surface area contributed by atoms with Crippen molar-refractivity contribution >= 4 is 16.4 Å². The van der Waals surface area contributed by atoms with Gasteiger partial charge in [0.2, 0.25) is 0 Å². The summed E-state index contributed by atoms with van der Waals surface area (Å²) < 4.78 is 59.2. The number of carbonyl (C=O) groups excluding carboxylic acids is 1. The lowest BCUT2D eigenvalue weighted by atomic mass is 9.99. The predicted molar refractivity (Wildman–Crippen MR) is 253 cm³/mol. The van der Waals surface area contributed by atoms with Crippen molar-refractivity contribution in [2.75, 3.05) is 26.4 Å². The zero-order valence-corrected chi connectivity index (χ0v) is 40.7. The maximum Gasteiger partial charge on any atom is 0.397 e. The minimum absolute atomic E-state index is 0.0327. The zero-order chi connectivity index (χ0) is 46.1. The first-order chi connectivity index (χ1) is 30.6. The second-order valence-electron chi connectivity index (χ2n) is 17.8. The summed E-state index contributed by atoms with van der Waals surface area (Å²) in [6.07, 6.45) is 39.2. The van der Waals surface area contributed by atoms with Crippen molar-refractivity contribution in [1.29, 1.82) is 0 Å². The molecule has 6 unspecified atom stereocenters. The molecule has 0 saturated carbocycles. The highest BCUT2D eigenvalue weighted by atomic mass is 32.3. The molecule has 1 heterocycles. The number of rotatable bonds is 45. The number of unbranched alkanes of at least 4 members (excludes halogenated alkanes) is 28. The number of esters is 1. The Hall–Kier alpha value is -1.42. The van der Waals surface area contributed by atoms with Gasteiger partial charge in [0, 0.05) is 13.0 Å². The van der Waals surface area contributed by atoms with E-state index in [9.17, 15) is 33.1 Å². The fraction of sp³-hybridized carbons (Fsp3) is 0.900. The number of carbonyl (C=O) groups is 1. The van der Waals surface area contributed by atoms with E-state index in [-0.39, 0.29) is 19.6 Å². The third-order valence-electron chi connectivity index (χ3n) is 11.8. The van der Waals surface area contributed by atoms with Gasteiger partial charge in [0.25, 0.3) is 0 Å². The molecule has 1 rings (SSSR count). The van der Waals surface area contributed by atoms with Gasteiger partial charge in [-0.25, -0.2) is 4.18 Å². The third-order valence-corrected chi connectivity index (χ3v) is 12.3. The Morgan fingerprint density at radius 3 is 1.56 bits per heavy atom. The molecular formula is C50H94O12S. The van der Waals surface area contributed by atoms with Crippen LogP contribution in [0.3, 0.4) is 0 Å². The van der Waals surface area contributed by atoms with Gasteiger partial charge in [0.15, 0.2) is 6.29 Å². The van der Waals surface area contributed by atoms with E-state index in [2.05, 4.69) is 42.3 Å². The van der Waals surface area contributed by atoms with E-state index in [4.69, 9.17) is 18.9 Å². The molecule has 0 bridgehead atoms. The van der Waals surface area contributed by atoms with Crippen LogP contribution in [0.2, 0.25) is 0 Å². The first-order valence-corrected chi connectivity index (χ1v) is 27.0. The summed E-state index contributed by atoms with van der Waals surface area (Å²) in [5, 5.41) is 30.7. The van der Waals surface area contributed by atoms with Crippen LogP contribution >= 0.6 is 0 Å². The maximum atomic E-state index is 12.9. The molecule has 12 nitrogen and oxygen atoms in total. The van der Waals surface area contributed by atoms with Gasteiger partial charge in [-0.15, -0.1) is 0 Å². The molecule has 372 valence electrons. The molecule has 1 aliphatic rings. The van der Waals surface area contributed by atoms with Crippen molar-refractivity contribution < 1.29 is 56.2 Å². The van der Waals surface area contributed by atoms with Gasteiger partial charge in [0.1, 0.15) is 30.5 Å². The van der Waals surface area contributed by atoms with Gasteiger partial charge in [0.05, 0.1) is 19.8 Å². The summed E-state index contributed by atoms with van der Waals surface area (Å²) >= 11 is 0. The van der Waals surface area contributed by atoms with E-state index >= 15 is 0 Å². The molecule has 1 aliphatic heterocycles. The normalized spacial score (nSPS) is 20.0. The number of allylic oxidation sites excluding steroid dienone is 4. The van der Waals surface area contributed by atoms with Gasteiger partial charge in [-0.3, -0.25) is 9.35 Å². The third kappa shape index (κ3) is 35.4. The molecule has 0 aromatic rings. The van der Waals surface area contributed by atoms with E-state index < -0.39 is 59.8 Å². The minimum atomic E-state index is -5.06. The second-order valence-corrected chi connectivity index (χ2v) is 18.8. The molecule has 1 fully saturated rings. The first-order valence-electron chi connectivity index (χ1n) is 25.6. The van der Waals surface area contributed by atoms with Crippen molar-refractivity contribution in [3.63, 3.8) is 0 Å². The predicted octanol–water partition coefficient (Wildman–Crippen LogP) is 11.6. The van der Waals surface area contributed by atoms with Gasteiger partial charge >= 0.3 is 16.4 Å². The fourth-order valence-corrected chi connectivity index (χ4v) is 8.43. The molecule has 0 aliphatic carbocycles. The molecule has 6 atom stereocenters. The van der Waals surface area contributed by atoms with Crippen molar-refractivity contribution in [3.05, 3.63) is 24.3 Å². The lowest BCUT2D eigenvalue weighted by molar-refractivity contribution is -0.301. The molecule has 0 radical (unpaired) electrons. The molecule has 1 saturated heterocycles. The molecule has 0 spiro atoms. The number of hydrogen-bond donors (Lipinski definition) is 4. The zero-order valence-electron chi connectivity index (χ0n) is 39.9. The van der Waals surface area contributed by atoms with E-state index in [1.807, 2.05) is 0 Å². The number of hydrogen-bond acceptors (Lipinski definition) is 11. The fourth-order valence-electron chi connectivity index (χ4n) is 7.93. The summed E-state index contributed by atoms with van der Waals surface area (Å²) in [7, 11) is -5.06. The van der Waals surface area contributed by atoms with Crippen LogP contribution in [0.15, 0.2) is 24.3 Å². The summed E-state index contributed by atoms with van der Waals surface area (Å²) in [5.74, 6) is -0.398. The molecule has 0 aromatic heterocycles. The van der Waals surface area contributed by atoms with Crippen molar-refractivity contribution in [1.82, 2.24) is 0 Å². The van der Waals surface area contributed by atoms with Crippen LogP contribution in [-0.4, -0.2) is 97.5 Å². The number of ether oxygens (including phenoxy) is 4. The Morgan fingerprint density at radius 1 is 0.603 bits per heavy atom. The Bertz CT molecular complexity index is 1200. The van der Waals surface area contributed by atoms with Gasteiger partial charge in [-0.2, -0.15) is 8.42 Å². The summed E-state index contributed by atoms with van der Waals surface area (Å²) in [4.78, 5) is 12.9. The molecule has 0 amide bonds. The summed E-state index contributed by atoms with van der Waals surface area (Å²) in [6, 6.07) is 0. The van der Waals surface area contributed by atoms with E-state index in [0.29, 0.717) is 13.0 Å². The summed E-state index contributed by atoms with van der Waals surface area (Å²) in [6.45, 7) is 3.96. The highest BCUT2D eigenvalue weighted by Gasteiger charge is 2.48. The number of aliphatic hydroxyl groups excluding tert-OH is 3. The summed E-state index contributed by atoms with van der Waals surface area (Å²) in [5.41, 5.74) is 0. The standard InChI is InChI=1S/C50H94O12S/c1-3-5-7-9-11-13-15-17-19-20-21-22-23-24-25-27-29-31-33-35-37-39-46(52)60-44(43-59-50-48(54)49(62-63(55,56)57)47(53)45(41-51)61-50)42-58-40-38-36-34-32-30-28-26-18-16-14-12-10-8-6-4-2/h10,12,16,18,44-45,47-51,53-54H,3-9,11,13-15,17,19-43H2,1-2H3,(H,55,56,57)/b12-10-,18-16-. The Balaban J connectivity index is 2.34. The van der Waals surface area contributed by atoms with Crippen LogP contribution in [-0.2, 0) is 38.3 Å². The van der Waals surface area contributed by atoms with Crippen LogP contribution < -0.4 is 0 Å². The van der Waals surface area contributed by atoms with E-state index in [1.165, 1.54) is 135 Å². The SMILES string of the molecule is CCCC/C=C\C/C=C\CCCCCCCCOCC(COC1OC(CO)C(O)C(OS(=O)(=O)O)C1O)OC(=O)CCCCCCCCCCCCCCCCCCCCCCC. The van der Waals surface area contributed by atoms with Crippen LogP contribution in [0.4, 0.5) is 0 Å². The van der Waals surface area contributed by atoms with Gasteiger partial charge < -0.3 is 34.3 Å². The largest absolute Gasteiger partial charge is 0.457 e. The maximum absolute atomic E-state index is 12.9. The average molecular weight is 919 g/mol. The molecule has 63 heavy (non-hydrogen) atoms. The Kier molecular flexibility index (Phi) is 39.7. The smallest absolute Gasteiger partial charge is 0.397 e. The lowest BCUT2D eigenvalue weighted by Crippen LogP contribution is -2.60. The van der Waals surface area contributed by atoms with Crippen LogP contribution in [0.5, 0.6) is 0 Å². The molecular weight excluding hydrogens is 825 g/mol. The van der Waals surface area contributed by atoms with E-state index in [1.54, 1.807) is 0 Å². The average Bonchev–Trinajstić information content (AvgIpc) is 3.26. The van der Waals surface area contributed by atoms with Crippen LogP contribution in [0.25, 0.3) is 0 Å². The molecule has 0 aromatic carbocycles. The molecule has 4 N–H and O–H groups in total. The quantitative estimate of drug-likeness (QED) is 0.0197. The lowest BCUT2D eigenvalue weighted by Gasteiger charge is -2.41. The first kappa shape index (κ1) is 59.6. The van der Waals surface area contributed by atoms with Crippen LogP contribution in [0.1, 0.15) is 226 Å². The second kappa shape index (κ2) is 42.0. The highest BCUT2D eigenvalue weighted by molar-refractivity contribution is 7.80. The van der Waals surface area contributed by atoms with E-state index in [0.717, 1.165) is 64.2 Å².